The van der Waals surface area contributed by atoms with Gasteiger partial charge in [0.1, 0.15) is 11.8 Å². The van der Waals surface area contributed by atoms with Gasteiger partial charge in [0.2, 0.25) is 0 Å². The van der Waals surface area contributed by atoms with E-state index in [9.17, 15) is 14.4 Å². The molecule has 2 heterocycles. The number of amides is 4. The van der Waals surface area contributed by atoms with E-state index in [1.807, 2.05) is 32.0 Å². The molecule has 0 radical (unpaired) electrons. The first-order valence-corrected chi connectivity index (χ1v) is 9.39. The number of urea groups is 1. The van der Waals surface area contributed by atoms with Crippen LogP contribution in [-0.2, 0) is 14.3 Å². The van der Waals surface area contributed by atoms with E-state index in [0.29, 0.717) is 18.8 Å². The Morgan fingerprint density at radius 3 is 2.57 bits per heavy atom. The first-order valence-electron chi connectivity index (χ1n) is 9.39. The molecule has 1 atom stereocenters. The first kappa shape index (κ1) is 20.1. The van der Waals surface area contributed by atoms with Gasteiger partial charge in [-0.15, -0.1) is 0 Å². The minimum atomic E-state index is -0.660. The lowest BCUT2D eigenvalue weighted by Gasteiger charge is -2.30. The molecule has 0 spiro atoms. The van der Waals surface area contributed by atoms with Crippen molar-refractivity contribution in [3.63, 3.8) is 0 Å². The zero-order chi connectivity index (χ0) is 20.3. The fraction of sp³-hybridized carbons (Fsp3) is 0.550. The normalized spacial score (nSPS) is 21.5. The number of para-hydroxylation sites is 1. The SMILES string of the molecule is COCCN1C(=O)C2CN(C(=O)COc3ccccc3)CC(C)(C)CN2C1=O. The molecule has 1 unspecified atom stereocenters. The van der Waals surface area contributed by atoms with Crippen LogP contribution in [-0.4, -0.2) is 85.1 Å². The number of carbonyl (C=O) groups is 3. The van der Waals surface area contributed by atoms with Crippen molar-refractivity contribution in [2.75, 3.05) is 46.5 Å². The molecule has 0 N–H and O–H groups in total. The number of nitrogens with zero attached hydrogens (tertiary/aromatic N) is 3. The van der Waals surface area contributed by atoms with Gasteiger partial charge in [-0.25, -0.2) is 4.79 Å². The number of fused-ring (bicyclic) bond motifs is 1. The maximum absolute atomic E-state index is 12.8. The molecule has 8 nitrogen and oxygen atoms in total. The van der Waals surface area contributed by atoms with Gasteiger partial charge in [-0.2, -0.15) is 0 Å². The Kier molecular flexibility index (Phi) is 5.88. The highest BCUT2D eigenvalue weighted by molar-refractivity contribution is 6.04. The van der Waals surface area contributed by atoms with Crippen molar-refractivity contribution in [3.05, 3.63) is 30.3 Å². The summed E-state index contributed by atoms with van der Waals surface area (Å²) < 4.78 is 10.6. The van der Waals surface area contributed by atoms with Gasteiger partial charge in [0.15, 0.2) is 6.61 Å². The largest absolute Gasteiger partial charge is 0.484 e. The fourth-order valence-electron chi connectivity index (χ4n) is 3.68. The van der Waals surface area contributed by atoms with Gasteiger partial charge in [0, 0.05) is 25.6 Å². The van der Waals surface area contributed by atoms with Crippen LogP contribution in [0.5, 0.6) is 5.75 Å². The molecule has 2 saturated heterocycles. The van der Waals surface area contributed by atoms with E-state index in [1.165, 1.54) is 12.0 Å². The molecular weight excluding hydrogens is 362 g/mol. The molecule has 1 aromatic carbocycles. The lowest BCUT2D eigenvalue weighted by atomic mass is 9.92. The molecule has 3 rings (SSSR count). The van der Waals surface area contributed by atoms with Gasteiger partial charge >= 0.3 is 6.03 Å². The second kappa shape index (κ2) is 8.18. The molecule has 2 aliphatic rings. The first-order chi connectivity index (χ1) is 13.3. The van der Waals surface area contributed by atoms with Crippen LogP contribution in [0, 0.1) is 5.41 Å². The zero-order valence-electron chi connectivity index (χ0n) is 16.6. The molecule has 0 saturated carbocycles. The molecular formula is C20H27N3O5. The molecule has 2 aliphatic heterocycles. The highest BCUT2D eigenvalue weighted by Gasteiger charge is 2.49. The molecule has 4 amide bonds. The number of carbonyl (C=O) groups excluding carboxylic acids is 3. The second-order valence-corrected chi connectivity index (χ2v) is 7.95. The number of methoxy groups -OCH3 is 1. The molecule has 0 aliphatic carbocycles. The van der Waals surface area contributed by atoms with E-state index in [4.69, 9.17) is 9.47 Å². The average molecular weight is 389 g/mol. The van der Waals surface area contributed by atoms with E-state index < -0.39 is 6.04 Å². The van der Waals surface area contributed by atoms with E-state index in [1.54, 1.807) is 21.9 Å². The highest BCUT2D eigenvalue weighted by Crippen LogP contribution is 2.30. The monoisotopic (exact) mass is 389 g/mol. The van der Waals surface area contributed by atoms with Crippen LogP contribution in [0.4, 0.5) is 4.79 Å². The van der Waals surface area contributed by atoms with Gasteiger partial charge in [0.05, 0.1) is 19.7 Å². The quantitative estimate of drug-likeness (QED) is 0.684. The molecule has 28 heavy (non-hydrogen) atoms. The van der Waals surface area contributed by atoms with Crippen molar-refractivity contribution in [1.82, 2.24) is 14.7 Å². The zero-order valence-corrected chi connectivity index (χ0v) is 16.6. The van der Waals surface area contributed by atoms with Crippen molar-refractivity contribution in [1.29, 1.82) is 0 Å². The summed E-state index contributed by atoms with van der Waals surface area (Å²) in [6.45, 7) is 5.41. The summed E-state index contributed by atoms with van der Waals surface area (Å²) in [6.07, 6.45) is 0. The minimum Gasteiger partial charge on any atom is -0.484 e. The van der Waals surface area contributed by atoms with Crippen LogP contribution in [0.1, 0.15) is 13.8 Å². The van der Waals surface area contributed by atoms with Gasteiger partial charge in [-0.3, -0.25) is 14.5 Å². The van der Waals surface area contributed by atoms with Crippen molar-refractivity contribution < 1.29 is 23.9 Å². The van der Waals surface area contributed by atoms with Gasteiger partial charge in [0.25, 0.3) is 11.8 Å². The summed E-state index contributed by atoms with van der Waals surface area (Å²) in [7, 11) is 1.53. The molecule has 2 fully saturated rings. The lowest BCUT2D eigenvalue weighted by Crippen LogP contribution is -2.45. The summed E-state index contributed by atoms with van der Waals surface area (Å²) in [5, 5.41) is 0. The average Bonchev–Trinajstić information content (AvgIpc) is 2.80. The summed E-state index contributed by atoms with van der Waals surface area (Å²) in [6, 6.07) is 8.15. The molecule has 152 valence electrons. The second-order valence-electron chi connectivity index (χ2n) is 7.95. The summed E-state index contributed by atoms with van der Waals surface area (Å²) >= 11 is 0. The number of hydrogen-bond donors (Lipinski definition) is 0. The van der Waals surface area contributed by atoms with E-state index in [0.717, 1.165) is 0 Å². The summed E-state index contributed by atoms with van der Waals surface area (Å²) in [5.41, 5.74) is -0.343. The molecule has 1 aromatic rings. The van der Waals surface area contributed by atoms with Crippen molar-refractivity contribution in [2.45, 2.75) is 19.9 Å². The standard InChI is InChI=1S/C20H27N3O5/c1-20(2)13-21(17(24)12-28-15-7-5-4-6-8-15)11-16-18(25)22(9-10-27-3)19(26)23(16)14-20/h4-8,16H,9-14H2,1-3H3. The molecule has 0 aromatic heterocycles. The van der Waals surface area contributed by atoms with Crippen LogP contribution >= 0.6 is 0 Å². The summed E-state index contributed by atoms with van der Waals surface area (Å²) in [4.78, 5) is 42.8. The number of rotatable bonds is 6. The Balaban J connectivity index is 1.72. The number of imide groups is 1. The van der Waals surface area contributed by atoms with Crippen molar-refractivity contribution in [3.8, 4) is 5.75 Å². The van der Waals surface area contributed by atoms with Crippen molar-refractivity contribution in [2.24, 2.45) is 5.41 Å². The van der Waals surface area contributed by atoms with Gasteiger partial charge in [-0.1, -0.05) is 32.0 Å². The van der Waals surface area contributed by atoms with Gasteiger partial charge < -0.3 is 19.3 Å². The maximum atomic E-state index is 12.8. The predicted molar refractivity (Wildman–Crippen MR) is 102 cm³/mol. The van der Waals surface area contributed by atoms with E-state index in [-0.39, 0.29) is 49.6 Å². The number of ether oxygens (including phenoxy) is 2. The van der Waals surface area contributed by atoms with Crippen LogP contribution < -0.4 is 4.74 Å². The molecule has 0 bridgehead atoms. The Morgan fingerprint density at radius 1 is 1.18 bits per heavy atom. The predicted octanol–water partition coefficient (Wildman–Crippen LogP) is 1.21. The Morgan fingerprint density at radius 2 is 1.89 bits per heavy atom. The highest BCUT2D eigenvalue weighted by atomic mass is 16.5. The van der Waals surface area contributed by atoms with Crippen molar-refractivity contribution >= 4 is 17.8 Å². The Bertz CT molecular complexity index is 737. The topological polar surface area (TPSA) is 79.4 Å². The third-order valence-electron chi connectivity index (χ3n) is 4.99. The maximum Gasteiger partial charge on any atom is 0.327 e. The third kappa shape index (κ3) is 4.27. The minimum absolute atomic E-state index is 0.109. The van der Waals surface area contributed by atoms with Crippen LogP contribution in [0.15, 0.2) is 30.3 Å². The van der Waals surface area contributed by atoms with Gasteiger partial charge in [-0.05, 0) is 12.1 Å². The van der Waals surface area contributed by atoms with Crippen LogP contribution in [0.2, 0.25) is 0 Å². The van der Waals surface area contributed by atoms with Crippen LogP contribution in [0.25, 0.3) is 0 Å². The Hall–Kier alpha value is -2.61. The van der Waals surface area contributed by atoms with E-state index in [2.05, 4.69) is 0 Å². The molecule has 8 heteroatoms. The smallest absolute Gasteiger partial charge is 0.327 e. The van der Waals surface area contributed by atoms with Crippen LogP contribution in [0.3, 0.4) is 0 Å². The number of hydrogen-bond acceptors (Lipinski definition) is 5. The lowest BCUT2D eigenvalue weighted by molar-refractivity contribution is -0.135. The summed E-state index contributed by atoms with van der Waals surface area (Å²) in [5.74, 6) is 0.139. The third-order valence-corrected chi connectivity index (χ3v) is 4.99. The fourth-order valence-corrected chi connectivity index (χ4v) is 3.68. The number of benzene rings is 1. The Labute approximate surface area is 165 Å². The van der Waals surface area contributed by atoms with E-state index >= 15 is 0 Å².